The standard InChI is InChI=1S/C12H14N2O2/c1-3-14-10-5-4-8(13)6-9(10)7(2)11(14)12(15)16/h4-6H,3,13H2,1-2H3,(H,15,16). The summed E-state index contributed by atoms with van der Waals surface area (Å²) < 4.78 is 1.80. The zero-order valence-corrected chi connectivity index (χ0v) is 9.32. The predicted octanol–water partition coefficient (Wildman–Crippen LogP) is 2.25. The summed E-state index contributed by atoms with van der Waals surface area (Å²) in [7, 11) is 0. The molecule has 0 aliphatic rings. The number of hydrogen-bond donors (Lipinski definition) is 2. The van der Waals surface area contributed by atoms with Gasteiger partial charge in [0, 0.05) is 23.1 Å². The summed E-state index contributed by atoms with van der Waals surface area (Å²) in [6.45, 7) is 4.38. The first-order valence-corrected chi connectivity index (χ1v) is 5.17. The zero-order chi connectivity index (χ0) is 11.9. The number of aromatic carboxylic acids is 1. The van der Waals surface area contributed by atoms with Crippen LogP contribution < -0.4 is 5.73 Å². The van der Waals surface area contributed by atoms with Gasteiger partial charge in [-0.3, -0.25) is 0 Å². The molecule has 0 amide bonds. The third kappa shape index (κ3) is 1.34. The third-order valence-corrected chi connectivity index (χ3v) is 2.86. The van der Waals surface area contributed by atoms with E-state index in [1.807, 2.05) is 26.0 Å². The van der Waals surface area contributed by atoms with Crippen molar-refractivity contribution in [2.75, 3.05) is 5.73 Å². The second-order valence-corrected chi connectivity index (χ2v) is 3.80. The minimum atomic E-state index is -0.894. The van der Waals surface area contributed by atoms with E-state index in [0.717, 1.165) is 16.5 Å². The van der Waals surface area contributed by atoms with E-state index in [1.165, 1.54) is 0 Å². The zero-order valence-electron chi connectivity index (χ0n) is 9.32. The second-order valence-electron chi connectivity index (χ2n) is 3.80. The van der Waals surface area contributed by atoms with Gasteiger partial charge in [-0.1, -0.05) is 0 Å². The number of benzene rings is 1. The van der Waals surface area contributed by atoms with Gasteiger partial charge in [0.2, 0.25) is 0 Å². The molecule has 2 rings (SSSR count). The number of carboxylic acid groups (broad SMARTS) is 1. The van der Waals surface area contributed by atoms with Crippen molar-refractivity contribution in [3.8, 4) is 0 Å². The molecule has 0 radical (unpaired) electrons. The smallest absolute Gasteiger partial charge is 0.352 e. The number of carboxylic acids is 1. The van der Waals surface area contributed by atoms with Crippen molar-refractivity contribution in [2.45, 2.75) is 20.4 Å². The molecule has 1 heterocycles. The highest BCUT2D eigenvalue weighted by atomic mass is 16.4. The number of fused-ring (bicyclic) bond motifs is 1. The molecule has 4 heteroatoms. The van der Waals surface area contributed by atoms with Gasteiger partial charge in [0.1, 0.15) is 5.69 Å². The number of carbonyl (C=O) groups is 1. The molecule has 0 bridgehead atoms. The molecule has 0 fully saturated rings. The fourth-order valence-corrected chi connectivity index (χ4v) is 2.14. The van der Waals surface area contributed by atoms with Crippen LogP contribution >= 0.6 is 0 Å². The number of nitrogen functional groups attached to an aromatic ring is 1. The van der Waals surface area contributed by atoms with Gasteiger partial charge in [-0.05, 0) is 37.6 Å². The van der Waals surface area contributed by atoms with E-state index in [0.29, 0.717) is 17.9 Å². The molecule has 0 saturated heterocycles. The van der Waals surface area contributed by atoms with Crippen molar-refractivity contribution >= 4 is 22.6 Å². The SMILES string of the molecule is CCn1c(C(=O)O)c(C)c2cc(N)ccc21. The fraction of sp³-hybridized carbons (Fsp3) is 0.250. The van der Waals surface area contributed by atoms with E-state index >= 15 is 0 Å². The third-order valence-electron chi connectivity index (χ3n) is 2.86. The normalized spacial score (nSPS) is 10.9. The van der Waals surface area contributed by atoms with Crippen LogP contribution in [0.5, 0.6) is 0 Å². The van der Waals surface area contributed by atoms with Crippen LogP contribution in [0.3, 0.4) is 0 Å². The van der Waals surface area contributed by atoms with Crippen LogP contribution in [0.2, 0.25) is 0 Å². The van der Waals surface area contributed by atoms with E-state index in [1.54, 1.807) is 10.6 Å². The molecule has 0 spiro atoms. The lowest BCUT2D eigenvalue weighted by atomic mass is 10.1. The highest BCUT2D eigenvalue weighted by Gasteiger charge is 2.18. The van der Waals surface area contributed by atoms with Crippen LogP contribution in [0.4, 0.5) is 5.69 Å². The van der Waals surface area contributed by atoms with Crippen LogP contribution in [0.25, 0.3) is 10.9 Å². The van der Waals surface area contributed by atoms with Gasteiger partial charge in [0.15, 0.2) is 0 Å². The Bertz CT molecular complexity index is 570. The van der Waals surface area contributed by atoms with Gasteiger partial charge >= 0.3 is 5.97 Å². The van der Waals surface area contributed by atoms with Crippen LogP contribution in [0.1, 0.15) is 23.0 Å². The van der Waals surface area contributed by atoms with Crippen molar-refractivity contribution < 1.29 is 9.90 Å². The fourth-order valence-electron chi connectivity index (χ4n) is 2.14. The Balaban J connectivity index is 2.90. The summed E-state index contributed by atoms with van der Waals surface area (Å²) in [6.07, 6.45) is 0. The molecule has 1 aromatic heterocycles. The van der Waals surface area contributed by atoms with Gasteiger partial charge in [0.05, 0.1) is 0 Å². The Morgan fingerprint density at radius 2 is 2.19 bits per heavy atom. The molecule has 4 nitrogen and oxygen atoms in total. The molecular weight excluding hydrogens is 204 g/mol. The van der Waals surface area contributed by atoms with E-state index < -0.39 is 5.97 Å². The average Bonchev–Trinajstić information content (AvgIpc) is 2.51. The van der Waals surface area contributed by atoms with Crippen molar-refractivity contribution in [3.63, 3.8) is 0 Å². The molecule has 2 aromatic rings. The summed E-state index contributed by atoms with van der Waals surface area (Å²) in [5, 5.41) is 10.1. The van der Waals surface area contributed by atoms with Gasteiger partial charge in [-0.2, -0.15) is 0 Å². The summed E-state index contributed by atoms with van der Waals surface area (Å²) >= 11 is 0. The van der Waals surface area contributed by atoms with Crippen molar-refractivity contribution in [1.29, 1.82) is 0 Å². The maximum Gasteiger partial charge on any atom is 0.352 e. The Morgan fingerprint density at radius 3 is 2.75 bits per heavy atom. The predicted molar refractivity (Wildman–Crippen MR) is 63.7 cm³/mol. The second kappa shape index (κ2) is 3.56. The van der Waals surface area contributed by atoms with Crippen molar-refractivity contribution in [1.82, 2.24) is 4.57 Å². The Labute approximate surface area is 93.3 Å². The molecule has 0 saturated carbocycles. The number of rotatable bonds is 2. The number of nitrogens with two attached hydrogens (primary N) is 1. The molecule has 0 aliphatic heterocycles. The van der Waals surface area contributed by atoms with E-state index in [4.69, 9.17) is 5.73 Å². The Morgan fingerprint density at radius 1 is 1.50 bits per heavy atom. The molecule has 0 atom stereocenters. The van der Waals surface area contributed by atoms with E-state index in [9.17, 15) is 9.90 Å². The monoisotopic (exact) mass is 218 g/mol. The first-order chi connectivity index (χ1) is 7.56. The largest absolute Gasteiger partial charge is 0.477 e. The quantitative estimate of drug-likeness (QED) is 0.759. The highest BCUT2D eigenvalue weighted by molar-refractivity contribution is 5.98. The average molecular weight is 218 g/mol. The lowest BCUT2D eigenvalue weighted by Crippen LogP contribution is -2.08. The maximum absolute atomic E-state index is 11.2. The summed E-state index contributed by atoms with van der Waals surface area (Å²) in [6, 6.07) is 5.48. The van der Waals surface area contributed by atoms with Crippen molar-refractivity contribution in [2.24, 2.45) is 0 Å². The van der Waals surface area contributed by atoms with E-state index in [2.05, 4.69) is 0 Å². The van der Waals surface area contributed by atoms with E-state index in [-0.39, 0.29) is 0 Å². The lowest BCUT2D eigenvalue weighted by Gasteiger charge is -2.04. The molecule has 16 heavy (non-hydrogen) atoms. The number of nitrogens with zero attached hydrogens (tertiary/aromatic N) is 1. The molecular formula is C12H14N2O2. The lowest BCUT2D eigenvalue weighted by molar-refractivity contribution is 0.0685. The number of hydrogen-bond acceptors (Lipinski definition) is 2. The molecule has 0 unspecified atom stereocenters. The van der Waals surface area contributed by atoms with Crippen LogP contribution in [0, 0.1) is 6.92 Å². The van der Waals surface area contributed by atoms with Crippen LogP contribution in [-0.2, 0) is 6.54 Å². The topological polar surface area (TPSA) is 68.2 Å². The molecule has 0 aliphatic carbocycles. The molecule has 1 aromatic carbocycles. The Hall–Kier alpha value is -1.97. The molecule has 84 valence electrons. The number of aromatic nitrogens is 1. The van der Waals surface area contributed by atoms with Gasteiger partial charge in [0.25, 0.3) is 0 Å². The Kier molecular flexibility index (Phi) is 2.34. The van der Waals surface area contributed by atoms with Crippen molar-refractivity contribution in [3.05, 3.63) is 29.5 Å². The highest BCUT2D eigenvalue weighted by Crippen LogP contribution is 2.27. The summed E-state index contributed by atoms with van der Waals surface area (Å²) in [5.41, 5.74) is 8.41. The van der Waals surface area contributed by atoms with Gasteiger partial charge in [-0.25, -0.2) is 4.79 Å². The molecule has 3 N–H and O–H groups in total. The van der Waals surface area contributed by atoms with Crippen LogP contribution in [0.15, 0.2) is 18.2 Å². The minimum absolute atomic E-state index is 0.350. The van der Waals surface area contributed by atoms with Gasteiger partial charge < -0.3 is 15.4 Å². The first kappa shape index (κ1) is 10.5. The minimum Gasteiger partial charge on any atom is -0.477 e. The summed E-state index contributed by atoms with van der Waals surface area (Å²) in [4.78, 5) is 11.2. The first-order valence-electron chi connectivity index (χ1n) is 5.17. The number of aryl methyl sites for hydroxylation is 2. The number of anilines is 1. The maximum atomic E-state index is 11.2. The summed E-state index contributed by atoms with van der Waals surface area (Å²) in [5.74, 6) is -0.894. The van der Waals surface area contributed by atoms with Gasteiger partial charge in [-0.15, -0.1) is 0 Å². The van der Waals surface area contributed by atoms with Crippen LogP contribution in [-0.4, -0.2) is 15.6 Å².